The Kier molecular flexibility index (Phi) is 9.81. The van der Waals surface area contributed by atoms with E-state index in [1.807, 2.05) is 23.5 Å². The lowest BCUT2D eigenvalue weighted by Gasteiger charge is -2.37. The first-order valence-corrected chi connectivity index (χ1v) is 15.3. The minimum atomic E-state index is -0.0417. The Morgan fingerprint density at radius 3 is 2.20 bits per heavy atom. The molecule has 1 aliphatic rings. The van der Waals surface area contributed by atoms with E-state index in [0.717, 1.165) is 24.7 Å². The molecule has 1 aromatic carbocycles. The summed E-state index contributed by atoms with van der Waals surface area (Å²) in [4.78, 5) is 34.1. The van der Waals surface area contributed by atoms with Crippen LogP contribution in [0, 0.1) is 6.92 Å². The summed E-state index contributed by atoms with van der Waals surface area (Å²) >= 11 is 1.89. The Balaban J connectivity index is 1.12. The Labute approximate surface area is 241 Å². The number of thiophene rings is 1. The number of carbonyl (C=O) groups excluding carboxylic acids is 1. The topological polar surface area (TPSA) is 92.9 Å². The number of amides is 1. The third-order valence-electron chi connectivity index (χ3n) is 7.91. The molecule has 1 fully saturated rings. The molecule has 1 saturated carbocycles. The van der Waals surface area contributed by atoms with E-state index in [1.54, 1.807) is 29.7 Å². The number of hydrogen-bond acceptors (Lipinski definition) is 6. The second kappa shape index (κ2) is 13.9. The standard InChI is InChI=1S/C31H41N7OS/c1-3-17-37(20-28-23(2)12-18-40-28)27-10-8-26(9-11-27)36-19-24-4-6-25(7-5-24)31(39)38(21-29-32-13-14-33-29)22-30-34-15-16-35-30/h4-7,12-16,18,26-27,36H,3,8-11,17,19-22H2,1-2H3,(H,32,33)(H,34,35)/t26-,27-. The molecule has 0 radical (unpaired) electrons. The average Bonchev–Trinajstić information content (AvgIpc) is 3.77. The average molecular weight is 560 g/mol. The summed E-state index contributed by atoms with van der Waals surface area (Å²) in [6, 6.07) is 11.5. The molecule has 0 unspecified atom stereocenters. The van der Waals surface area contributed by atoms with Gasteiger partial charge in [-0.2, -0.15) is 0 Å². The summed E-state index contributed by atoms with van der Waals surface area (Å²) in [6.45, 7) is 8.38. The quantitative estimate of drug-likeness (QED) is 0.197. The first-order chi connectivity index (χ1) is 19.6. The lowest BCUT2D eigenvalue weighted by molar-refractivity contribution is 0.0721. The van der Waals surface area contributed by atoms with Crippen LogP contribution in [0.15, 0.2) is 60.5 Å². The molecular formula is C31H41N7OS. The Hall–Kier alpha value is -3.27. The van der Waals surface area contributed by atoms with Crippen LogP contribution in [0.3, 0.4) is 0 Å². The van der Waals surface area contributed by atoms with Gasteiger partial charge in [-0.05, 0) is 80.3 Å². The molecule has 0 aliphatic heterocycles. The van der Waals surface area contributed by atoms with Gasteiger partial charge >= 0.3 is 0 Å². The summed E-state index contributed by atoms with van der Waals surface area (Å²) in [5, 5.41) is 6.00. The zero-order chi connectivity index (χ0) is 27.7. The van der Waals surface area contributed by atoms with Crippen LogP contribution < -0.4 is 5.32 Å². The van der Waals surface area contributed by atoms with Gasteiger partial charge in [-0.25, -0.2) is 9.97 Å². The van der Waals surface area contributed by atoms with Gasteiger partial charge in [0.05, 0.1) is 13.1 Å². The molecule has 0 spiro atoms. The van der Waals surface area contributed by atoms with Crippen molar-refractivity contribution in [1.82, 2.24) is 35.1 Å². The molecule has 5 rings (SSSR count). The van der Waals surface area contributed by atoms with Crippen LogP contribution >= 0.6 is 11.3 Å². The van der Waals surface area contributed by atoms with Crippen LogP contribution in [0.5, 0.6) is 0 Å². The fraction of sp³-hybridized carbons (Fsp3) is 0.452. The van der Waals surface area contributed by atoms with Gasteiger partial charge in [-0.1, -0.05) is 19.1 Å². The molecular weight excluding hydrogens is 518 g/mol. The normalized spacial score (nSPS) is 17.4. The number of rotatable bonds is 13. The molecule has 1 amide bonds. The van der Waals surface area contributed by atoms with Crippen molar-refractivity contribution in [3.8, 4) is 0 Å². The van der Waals surface area contributed by atoms with E-state index in [1.165, 1.54) is 54.7 Å². The second-order valence-corrected chi connectivity index (χ2v) is 11.8. The third-order valence-corrected chi connectivity index (χ3v) is 8.92. The molecule has 1 aliphatic carbocycles. The van der Waals surface area contributed by atoms with E-state index in [9.17, 15) is 4.79 Å². The number of hydrogen-bond donors (Lipinski definition) is 3. The maximum absolute atomic E-state index is 13.4. The van der Waals surface area contributed by atoms with Gasteiger partial charge in [-0.3, -0.25) is 9.69 Å². The summed E-state index contributed by atoms with van der Waals surface area (Å²) in [6.07, 6.45) is 13.0. The zero-order valence-corrected chi connectivity index (χ0v) is 24.4. The highest BCUT2D eigenvalue weighted by Gasteiger charge is 2.26. The van der Waals surface area contributed by atoms with Gasteiger partial charge in [0.15, 0.2) is 0 Å². The molecule has 0 atom stereocenters. The van der Waals surface area contributed by atoms with Crippen LogP contribution in [-0.2, 0) is 26.2 Å². The highest BCUT2D eigenvalue weighted by atomic mass is 32.1. The highest BCUT2D eigenvalue weighted by Crippen LogP contribution is 2.27. The molecule has 3 aromatic heterocycles. The molecule has 3 N–H and O–H groups in total. The SMILES string of the molecule is CCCN(Cc1sccc1C)[C@H]1CC[C@H](NCc2ccc(C(=O)N(Cc3ncc[nH]3)Cc3ncc[nH]3)cc2)CC1. The third kappa shape index (κ3) is 7.47. The Morgan fingerprint density at radius 2 is 1.65 bits per heavy atom. The molecule has 9 heteroatoms. The Bertz CT molecular complexity index is 1260. The van der Waals surface area contributed by atoms with Crippen molar-refractivity contribution >= 4 is 17.2 Å². The number of aromatic nitrogens is 4. The fourth-order valence-electron chi connectivity index (χ4n) is 5.61. The van der Waals surface area contributed by atoms with Gasteiger partial charge < -0.3 is 20.2 Å². The first kappa shape index (κ1) is 28.3. The molecule has 0 bridgehead atoms. The zero-order valence-electron chi connectivity index (χ0n) is 23.6. The Morgan fingerprint density at radius 1 is 0.975 bits per heavy atom. The van der Waals surface area contributed by atoms with E-state index in [4.69, 9.17) is 0 Å². The second-order valence-electron chi connectivity index (χ2n) is 10.8. The molecule has 40 heavy (non-hydrogen) atoms. The largest absolute Gasteiger partial charge is 0.347 e. The van der Waals surface area contributed by atoms with E-state index in [0.29, 0.717) is 30.7 Å². The molecule has 0 saturated heterocycles. The maximum atomic E-state index is 13.4. The molecule has 8 nitrogen and oxygen atoms in total. The summed E-state index contributed by atoms with van der Waals surface area (Å²) in [5.74, 6) is 1.45. The van der Waals surface area contributed by atoms with E-state index in [2.05, 4.69) is 67.6 Å². The van der Waals surface area contributed by atoms with Crippen molar-refractivity contribution in [1.29, 1.82) is 0 Å². The van der Waals surface area contributed by atoms with Gasteiger partial charge in [0.25, 0.3) is 5.91 Å². The number of imidazole rings is 2. The van der Waals surface area contributed by atoms with Gasteiger partial charge in [0.2, 0.25) is 0 Å². The van der Waals surface area contributed by atoms with E-state index in [-0.39, 0.29) is 5.91 Å². The van der Waals surface area contributed by atoms with Gasteiger partial charge in [0, 0.05) is 60.4 Å². The number of nitrogens with zero attached hydrogens (tertiary/aromatic N) is 4. The lowest BCUT2D eigenvalue weighted by Crippen LogP contribution is -2.42. The number of carbonyl (C=O) groups is 1. The van der Waals surface area contributed by atoms with Crippen molar-refractivity contribution in [2.45, 2.75) is 84.2 Å². The minimum Gasteiger partial charge on any atom is -0.347 e. The van der Waals surface area contributed by atoms with Crippen LogP contribution in [0.1, 0.15) is 77.0 Å². The predicted octanol–water partition coefficient (Wildman–Crippen LogP) is 5.66. The number of benzene rings is 1. The maximum Gasteiger partial charge on any atom is 0.254 e. The van der Waals surface area contributed by atoms with E-state index < -0.39 is 0 Å². The molecule has 4 aromatic rings. The van der Waals surface area contributed by atoms with Crippen molar-refractivity contribution in [2.24, 2.45) is 0 Å². The van der Waals surface area contributed by atoms with Crippen molar-refractivity contribution in [3.05, 3.63) is 93.7 Å². The van der Waals surface area contributed by atoms with Gasteiger partial charge in [0.1, 0.15) is 11.6 Å². The van der Waals surface area contributed by atoms with Gasteiger partial charge in [-0.15, -0.1) is 11.3 Å². The highest BCUT2D eigenvalue weighted by molar-refractivity contribution is 7.10. The number of H-pyrrole nitrogens is 2. The summed E-state index contributed by atoms with van der Waals surface area (Å²) in [5.41, 5.74) is 3.29. The molecule has 212 valence electrons. The minimum absolute atomic E-state index is 0.0417. The van der Waals surface area contributed by atoms with Crippen molar-refractivity contribution in [3.63, 3.8) is 0 Å². The van der Waals surface area contributed by atoms with Crippen LogP contribution in [0.25, 0.3) is 0 Å². The van der Waals surface area contributed by atoms with Crippen molar-refractivity contribution < 1.29 is 4.79 Å². The smallest absolute Gasteiger partial charge is 0.254 e. The van der Waals surface area contributed by atoms with Crippen molar-refractivity contribution in [2.75, 3.05) is 6.54 Å². The fourth-order valence-corrected chi connectivity index (χ4v) is 6.54. The number of aromatic amines is 2. The number of nitrogens with one attached hydrogen (secondary N) is 3. The summed E-state index contributed by atoms with van der Waals surface area (Å²) in [7, 11) is 0. The first-order valence-electron chi connectivity index (χ1n) is 14.4. The van der Waals surface area contributed by atoms with Crippen LogP contribution in [-0.4, -0.2) is 54.3 Å². The molecule has 3 heterocycles. The predicted molar refractivity (Wildman–Crippen MR) is 160 cm³/mol. The summed E-state index contributed by atoms with van der Waals surface area (Å²) < 4.78 is 0. The monoisotopic (exact) mass is 559 g/mol. The van der Waals surface area contributed by atoms with Crippen LogP contribution in [0.2, 0.25) is 0 Å². The lowest BCUT2D eigenvalue weighted by atomic mass is 9.89. The number of aryl methyl sites for hydroxylation is 1. The van der Waals surface area contributed by atoms with E-state index >= 15 is 0 Å². The van der Waals surface area contributed by atoms with Crippen LogP contribution in [0.4, 0.5) is 0 Å².